The number of nitrogens with one attached hydrogen (secondary N) is 1. The molecule has 0 amide bonds. The first-order valence-electron chi connectivity index (χ1n) is 6.11. The fourth-order valence-electron chi connectivity index (χ4n) is 2.05. The van der Waals surface area contributed by atoms with Crippen molar-refractivity contribution < 1.29 is 10.2 Å². The normalized spacial score (nSPS) is 14.3. The van der Waals surface area contributed by atoms with Crippen LogP contribution in [0.4, 0.5) is 5.95 Å². The minimum absolute atomic E-state index is 0.00379. The maximum Gasteiger partial charge on any atom is 0.280 e. The predicted molar refractivity (Wildman–Crippen MR) is 74.0 cm³/mol. The molecule has 8 heteroatoms. The molecule has 8 nitrogen and oxygen atoms in total. The summed E-state index contributed by atoms with van der Waals surface area (Å²) in [5, 5.41) is 18.8. The zero-order chi connectivity index (χ0) is 14.9. The Kier molecular flexibility index (Phi) is 3.86. The number of rotatable bonds is 5. The van der Waals surface area contributed by atoms with Crippen LogP contribution < -0.4 is 11.3 Å². The minimum atomic E-state index is -0.719. The highest BCUT2D eigenvalue weighted by molar-refractivity contribution is 5.70. The molecule has 0 unspecified atom stereocenters. The molecule has 0 spiro atoms. The number of aromatic amines is 1. The lowest BCUT2D eigenvalue weighted by atomic mass is 9.96. The Bertz CT molecular complexity index is 688. The first-order valence-corrected chi connectivity index (χ1v) is 6.11. The number of aromatic nitrogens is 4. The van der Waals surface area contributed by atoms with Crippen molar-refractivity contribution in [2.75, 3.05) is 12.3 Å². The van der Waals surface area contributed by atoms with Crippen LogP contribution in [0.2, 0.25) is 0 Å². The molecule has 0 bridgehead atoms. The van der Waals surface area contributed by atoms with E-state index >= 15 is 0 Å². The monoisotopic (exact) mass is 279 g/mol. The van der Waals surface area contributed by atoms with Gasteiger partial charge >= 0.3 is 0 Å². The van der Waals surface area contributed by atoms with Gasteiger partial charge in [-0.2, -0.15) is 4.98 Å². The van der Waals surface area contributed by atoms with Gasteiger partial charge in [0.2, 0.25) is 5.95 Å². The van der Waals surface area contributed by atoms with Gasteiger partial charge in [-0.15, -0.1) is 0 Å². The molecule has 0 aliphatic rings. The molecule has 0 aliphatic carbocycles. The number of fused-ring (bicyclic) bond motifs is 1. The maximum absolute atomic E-state index is 11.6. The van der Waals surface area contributed by atoms with Crippen LogP contribution in [-0.4, -0.2) is 42.4 Å². The number of imidazole rings is 1. The number of hydrogen-bond donors (Lipinski definition) is 4. The van der Waals surface area contributed by atoms with E-state index in [1.54, 1.807) is 11.5 Å². The Balaban J connectivity index is 2.35. The van der Waals surface area contributed by atoms with Crippen LogP contribution >= 0.6 is 0 Å². The molecule has 2 atom stereocenters. The van der Waals surface area contributed by atoms with Gasteiger partial charge in [-0.1, -0.05) is 6.58 Å². The van der Waals surface area contributed by atoms with E-state index in [9.17, 15) is 15.0 Å². The Morgan fingerprint density at radius 2 is 2.35 bits per heavy atom. The zero-order valence-electron chi connectivity index (χ0n) is 11.1. The highest BCUT2D eigenvalue weighted by Gasteiger charge is 2.19. The van der Waals surface area contributed by atoms with Crippen LogP contribution in [0.15, 0.2) is 23.3 Å². The molecule has 0 fully saturated rings. The van der Waals surface area contributed by atoms with E-state index < -0.39 is 17.6 Å². The van der Waals surface area contributed by atoms with E-state index in [0.717, 1.165) is 0 Å². The second-order valence-corrected chi connectivity index (χ2v) is 4.68. The Hall–Kier alpha value is -2.19. The Morgan fingerprint density at radius 1 is 1.65 bits per heavy atom. The lowest BCUT2D eigenvalue weighted by Gasteiger charge is -2.20. The zero-order valence-corrected chi connectivity index (χ0v) is 11.1. The average molecular weight is 279 g/mol. The quantitative estimate of drug-likeness (QED) is 0.533. The third kappa shape index (κ3) is 2.56. The first-order chi connectivity index (χ1) is 9.43. The van der Waals surface area contributed by atoms with Crippen LogP contribution in [0.3, 0.4) is 0 Å². The third-order valence-electron chi connectivity index (χ3n) is 3.17. The Morgan fingerprint density at radius 3 is 2.95 bits per heavy atom. The van der Waals surface area contributed by atoms with Crippen molar-refractivity contribution in [3.8, 4) is 0 Å². The van der Waals surface area contributed by atoms with Crippen LogP contribution in [-0.2, 0) is 6.54 Å². The van der Waals surface area contributed by atoms with Crippen LogP contribution in [0.25, 0.3) is 11.2 Å². The van der Waals surface area contributed by atoms with Gasteiger partial charge in [-0.05, 0) is 12.5 Å². The molecule has 0 saturated carbocycles. The molecule has 0 aromatic carbocycles. The fraction of sp³-hybridized carbons (Fsp3) is 0.417. The van der Waals surface area contributed by atoms with Gasteiger partial charge in [0.15, 0.2) is 11.2 Å². The fourth-order valence-corrected chi connectivity index (χ4v) is 2.05. The highest BCUT2D eigenvalue weighted by atomic mass is 16.3. The number of nitrogens with two attached hydrogens (primary N) is 1. The second kappa shape index (κ2) is 5.43. The van der Waals surface area contributed by atoms with Crippen molar-refractivity contribution in [2.24, 2.45) is 5.92 Å². The molecule has 2 aromatic heterocycles. The van der Waals surface area contributed by atoms with Gasteiger partial charge in [0.25, 0.3) is 5.56 Å². The number of anilines is 1. The number of nitrogen functional groups attached to an aromatic ring is 1. The SMILES string of the molecule is C=C(Cn1cnc2c(=O)[nH]c(N)nc21)[C@H](CO)[C@H](C)O. The molecule has 20 heavy (non-hydrogen) atoms. The number of aliphatic hydroxyl groups is 2. The Labute approximate surface area is 114 Å². The second-order valence-electron chi connectivity index (χ2n) is 4.68. The third-order valence-corrected chi connectivity index (χ3v) is 3.17. The van der Waals surface area contributed by atoms with E-state index in [0.29, 0.717) is 11.2 Å². The summed E-state index contributed by atoms with van der Waals surface area (Å²) in [6.07, 6.45) is 0.734. The molecule has 0 saturated heterocycles. The molecular weight excluding hydrogens is 262 g/mol. The minimum Gasteiger partial charge on any atom is -0.396 e. The smallest absolute Gasteiger partial charge is 0.280 e. The molecule has 5 N–H and O–H groups in total. The van der Waals surface area contributed by atoms with Crippen molar-refractivity contribution in [3.05, 3.63) is 28.8 Å². The first kappa shape index (κ1) is 14.2. The summed E-state index contributed by atoms with van der Waals surface area (Å²) >= 11 is 0. The summed E-state index contributed by atoms with van der Waals surface area (Å²) < 4.78 is 1.61. The van der Waals surface area contributed by atoms with E-state index in [-0.39, 0.29) is 24.6 Å². The summed E-state index contributed by atoms with van der Waals surface area (Å²) in [6, 6.07) is 0. The van der Waals surface area contributed by atoms with Gasteiger partial charge in [0.05, 0.1) is 19.0 Å². The lowest BCUT2D eigenvalue weighted by Crippen LogP contribution is -2.24. The van der Waals surface area contributed by atoms with Crippen LogP contribution in [0.1, 0.15) is 6.92 Å². The maximum atomic E-state index is 11.6. The number of aliphatic hydroxyl groups excluding tert-OH is 2. The standard InChI is InChI=1S/C12H17N5O3/c1-6(8(4-18)7(2)19)3-17-5-14-9-10(17)15-12(13)16-11(9)20/h5,7-8,18-19H,1,3-4H2,2H3,(H3,13,15,16,20)/t7-,8-/m0/s1. The lowest BCUT2D eigenvalue weighted by molar-refractivity contribution is 0.0981. The summed E-state index contributed by atoms with van der Waals surface area (Å²) in [4.78, 5) is 22.0. The van der Waals surface area contributed by atoms with Gasteiger partial charge in [-0.25, -0.2) is 4.98 Å². The van der Waals surface area contributed by atoms with Crippen molar-refractivity contribution in [2.45, 2.75) is 19.6 Å². The average Bonchev–Trinajstić information content (AvgIpc) is 2.73. The summed E-state index contributed by atoms with van der Waals surface area (Å²) in [5.74, 6) is -0.448. The van der Waals surface area contributed by atoms with Crippen LogP contribution in [0.5, 0.6) is 0 Å². The van der Waals surface area contributed by atoms with Crippen LogP contribution in [0, 0.1) is 5.92 Å². The van der Waals surface area contributed by atoms with E-state index in [4.69, 9.17) is 5.73 Å². The van der Waals surface area contributed by atoms with E-state index in [1.807, 2.05) is 0 Å². The molecular formula is C12H17N5O3. The summed E-state index contributed by atoms with van der Waals surface area (Å²) in [7, 11) is 0. The van der Waals surface area contributed by atoms with Gasteiger partial charge in [0, 0.05) is 12.5 Å². The van der Waals surface area contributed by atoms with Gasteiger partial charge in [-0.3, -0.25) is 9.78 Å². The van der Waals surface area contributed by atoms with E-state index in [2.05, 4.69) is 21.5 Å². The molecule has 2 aromatic rings. The number of nitrogens with zero attached hydrogens (tertiary/aromatic N) is 3. The number of H-pyrrole nitrogens is 1. The predicted octanol–water partition coefficient (Wildman–Crippen LogP) is -0.753. The largest absolute Gasteiger partial charge is 0.396 e. The number of hydrogen-bond acceptors (Lipinski definition) is 6. The van der Waals surface area contributed by atoms with E-state index in [1.165, 1.54) is 6.33 Å². The summed E-state index contributed by atoms with van der Waals surface area (Å²) in [6.45, 7) is 5.51. The van der Waals surface area contributed by atoms with Crippen molar-refractivity contribution in [1.82, 2.24) is 19.5 Å². The molecule has 108 valence electrons. The summed E-state index contributed by atoms with van der Waals surface area (Å²) in [5.41, 5.74) is 6.24. The van der Waals surface area contributed by atoms with Gasteiger partial charge in [0.1, 0.15) is 0 Å². The van der Waals surface area contributed by atoms with Gasteiger partial charge < -0.3 is 20.5 Å². The molecule has 2 rings (SSSR count). The van der Waals surface area contributed by atoms with Crippen molar-refractivity contribution >= 4 is 17.1 Å². The molecule has 0 aliphatic heterocycles. The molecule has 0 radical (unpaired) electrons. The molecule has 2 heterocycles. The van der Waals surface area contributed by atoms with Crippen molar-refractivity contribution in [1.29, 1.82) is 0 Å². The highest BCUT2D eigenvalue weighted by Crippen LogP contribution is 2.17. The van der Waals surface area contributed by atoms with Crippen molar-refractivity contribution in [3.63, 3.8) is 0 Å². The topological polar surface area (TPSA) is 130 Å².